The molecule has 0 aromatic heterocycles. The Labute approximate surface area is 175 Å². The van der Waals surface area contributed by atoms with Gasteiger partial charge in [0, 0.05) is 25.4 Å². The van der Waals surface area contributed by atoms with E-state index < -0.39 is 30.6 Å². The van der Waals surface area contributed by atoms with Gasteiger partial charge in [-0.1, -0.05) is 64.2 Å². The summed E-state index contributed by atoms with van der Waals surface area (Å²) in [5.41, 5.74) is 0. The van der Waals surface area contributed by atoms with E-state index in [1.807, 2.05) is 0 Å². The van der Waals surface area contributed by atoms with Crippen molar-refractivity contribution in [1.82, 2.24) is 0 Å². The third-order valence-electron chi connectivity index (χ3n) is 5.55. The first-order chi connectivity index (χ1) is 13.9. The van der Waals surface area contributed by atoms with E-state index in [4.69, 9.17) is 9.47 Å². The number of ether oxygens (including phenoxy) is 2. The number of aliphatic hydroxyl groups excluding tert-OH is 3. The third kappa shape index (κ3) is 13.2. The molecule has 7 heteroatoms. The lowest BCUT2D eigenvalue weighted by atomic mass is 10.0. The van der Waals surface area contributed by atoms with Crippen LogP contribution in [0.4, 0.5) is 0 Å². The number of unbranched alkanes of at least 4 members (excludes halogenated alkanes) is 10. The van der Waals surface area contributed by atoms with Gasteiger partial charge in [-0.15, -0.1) is 0 Å². The van der Waals surface area contributed by atoms with Crippen LogP contribution in [0.2, 0.25) is 0 Å². The number of hydrogen-bond donors (Lipinski definition) is 3. The second kappa shape index (κ2) is 16.0. The predicted molar refractivity (Wildman–Crippen MR) is 108 cm³/mol. The summed E-state index contributed by atoms with van der Waals surface area (Å²) < 4.78 is 11.1. The van der Waals surface area contributed by atoms with Gasteiger partial charge in [-0.05, 0) is 19.8 Å². The largest absolute Gasteiger partial charge is 0.550 e. The molecule has 0 spiro atoms. The Hall–Kier alpha value is -0.730. The first-order valence-electron chi connectivity index (χ1n) is 11.4. The van der Waals surface area contributed by atoms with Crippen LogP contribution >= 0.6 is 0 Å². The molecule has 0 saturated carbocycles. The van der Waals surface area contributed by atoms with E-state index in [0.29, 0.717) is 19.4 Å². The highest BCUT2D eigenvalue weighted by Crippen LogP contribution is 2.21. The fourth-order valence-electron chi connectivity index (χ4n) is 3.66. The third-order valence-corrected chi connectivity index (χ3v) is 5.55. The average molecular weight is 418 g/mol. The summed E-state index contributed by atoms with van der Waals surface area (Å²) in [6.07, 6.45) is 9.95. The van der Waals surface area contributed by atoms with Gasteiger partial charge >= 0.3 is 0 Å². The Morgan fingerprint density at radius 2 is 1.48 bits per heavy atom. The number of carbonyl (C=O) groups is 1. The van der Waals surface area contributed by atoms with E-state index >= 15 is 0 Å². The van der Waals surface area contributed by atoms with E-state index in [9.17, 15) is 25.2 Å². The van der Waals surface area contributed by atoms with E-state index in [2.05, 4.69) is 0 Å². The lowest BCUT2D eigenvalue weighted by molar-refractivity contribution is -0.307. The maximum Gasteiger partial charge on any atom is 0.183 e. The van der Waals surface area contributed by atoms with Crippen molar-refractivity contribution in [2.45, 2.75) is 128 Å². The molecule has 3 N–H and O–H groups in total. The summed E-state index contributed by atoms with van der Waals surface area (Å²) in [7, 11) is 0. The maximum atomic E-state index is 10.3. The molecule has 0 aromatic carbocycles. The van der Waals surface area contributed by atoms with Gasteiger partial charge < -0.3 is 34.7 Å². The molecule has 1 saturated heterocycles. The number of rotatable bonds is 17. The van der Waals surface area contributed by atoms with Crippen molar-refractivity contribution in [3.63, 3.8) is 0 Å². The van der Waals surface area contributed by atoms with E-state index in [1.165, 1.54) is 38.5 Å². The Morgan fingerprint density at radius 1 is 0.966 bits per heavy atom. The van der Waals surface area contributed by atoms with Crippen LogP contribution in [0.15, 0.2) is 0 Å². The van der Waals surface area contributed by atoms with Gasteiger partial charge in [0.05, 0.1) is 18.3 Å². The molecule has 1 aliphatic rings. The Morgan fingerprint density at radius 3 is 2.03 bits per heavy atom. The summed E-state index contributed by atoms with van der Waals surface area (Å²) in [6, 6.07) is 0. The zero-order chi connectivity index (χ0) is 21.5. The minimum absolute atomic E-state index is 0.258. The summed E-state index contributed by atoms with van der Waals surface area (Å²) in [5, 5.41) is 39.3. The minimum Gasteiger partial charge on any atom is -0.550 e. The van der Waals surface area contributed by atoms with Crippen LogP contribution in [0.25, 0.3) is 0 Å². The number of hydrogen-bond acceptors (Lipinski definition) is 7. The minimum atomic E-state index is -1.18. The van der Waals surface area contributed by atoms with E-state index in [-0.39, 0.29) is 12.5 Å². The zero-order valence-corrected chi connectivity index (χ0v) is 18.0. The predicted octanol–water partition coefficient (Wildman–Crippen LogP) is 2.04. The van der Waals surface area contributed by atoms with Gasteiger partial charge in [0.1, 0.15) is 6.10 Å². The molecule has 172 valence electrons. The van der Waals surface area contributed by atoms with Gasteiger partial charge in [0.15, 0.2) is 6.29 Å². The van der Waals surface area contributed by atoms with Gasteiger partial charge in [-0.2, -0.15) is 0 Å². The molecule has 0 bridgehead atoms. The standard InChI is InChI=1S/C22H42O7/c1-17-19(24)16-20(25)22(29-17)28-14-12-10-8-6-4-2-3-5-7-9-11-13-18(23)15-21(26)27/h17-20,22-25H,2-16H2,1H3,(H,26,27)/p-1/t17-,18+,19+,20+,22+/m0/s1. The topological polar surface area (TPSA) is 119 Å². The summed E-state index contributed by atoms with van der Waals surface area (Å²) in [5.74, 6) is -1.18. The van der Waals surface area contributed by atoms with Gasteiger partial charge in [0.2, 0.25) is 0 Å². The van der Waals surface area contributed by atoms with Gasteiger partial charge in [-0.25, -0.2) is 0 Å². The highest BCUT2D eigenvalue weighted by molar-refractivity contribution is 5.64. The van der Waals surface area contributed by atoms with E-state index in [0.717, 1.165) is 32.1 Å². The number of carbonyl (C=O) groups excluding carboxylic acids is 1. The maximum absolute atomic E-state index is 10.3. The van der Waals surface area contributed by atoms with Crippen molar-refractivity contribution in [2.24, 2.45) is 0 Å². The van der Waals surface area contributed by atoms with Crippen molar-refractivity contribution >= 4 is 5.97 Å². The fraction of sp³-hybridized carbons (Fsp3) is 0.955. The highest BCUT2D eigenvalue weighted by atomic mass is 16.7. The van der Waals surface area contributed by atoms with Crippen molar-refractivity contribution < 1.29 is 34.7 Å². The molecule has 1 aliphatic heterocycles. The Balaban J connectivity index is 1.81. The van der Waals surface area contributed by atoms with Gasteiger partial charge in [0.25, 0.3) is 0 Å². The molecular formula is C22H41O7-. The molecule has 29 heavy (non-hydrogen) atoms. The molecule has 1 heterocycles. The van der Waals surface area contributed by atoms with Crippen molar-refractivity contribution in [2.75, 3.05) is 6.61 Å². The number of carboxylic acids is 1. The molecule has 7 nitrogen and oxygen atoms in total. The smallest absolute Gasteiger partial charge is 0.183 e. The summed E-state index contributed by atoms with van der Waals surface area (Å²) in [6.45, 7) is 2.36. The number of aliphatic carboxylic acids is 1. The fourth-order valence-corrected chi connectivity index (χ4v) is 3.66. The lowest BCUT2D eigenvalue weighted by Gasteiger charge is -2.35. The molecular weight excluding hydrogens is 376 g/mol. The second-order valence-electron chi connectivity index (χ2n) is 8.36. The Bertz CT molecular complexity index is 418. The van der Waals surface area contributed by atoms with Crippen LogP contribution in [0.5, 0.6) is 0 Å². The van der Waals surface area contributed by atoms with Crippen LogP contribution in [0.1, 0.15) is 96.8 Å². The normalized spacial score (nSPS) is 25.8. The number of aliphatic hydroxyl groups is 3. The molecule has 0 aliphatic carbocycles. The molecule has 5 atom stereocenters. The van der Waals surface area contributed by atoms with Crippen LogP contribution < -0.4 is 5.11 Å². The van der Waals surface area contributed by atoms with Crippen LogP contribution in [0.3, 0.4) is 0 Å². The van der Waals surface area contributed by atoms with Gasteiger partial charge in [-0.3, -0.25) is 0 Å². The van der Waals surface area contributed by atoms with Crippen molar-refractivity contribution in [3.8, 4) is 0 Å². The first kappa shape index (κ1) is 26.3. The van der Waals surface area contributed by atoms with Crippen molar-refractivity contribution in [3.05, 3.63) is 0 Å². The molecule has 0 aromatic rings. The van der Waals surface area contributed by atoms with Crippen LogP contribution in [-0.4, -0.2) is 58.6 Å². The zero-order valence-electron chi connectivity index (χ0n) is 18.0. The highest BCUT2D eigenvalue weighted by Gasteiger charge is 2.34. The summed E-state index contributed by atoms with van der Waals surface area (Å²) in [4.78, 5) is 10.3. The molecule has 0 unspecified atom stereocenters. The van der Waals surface area contributed by atoms with E-state index in [1.54, 1.807) is 6.92 Å². The quantitative estimate of drug-likeness (QED) is 0.310. The average Bonchev–Trinajstić information content (AvgIpc) is 2.65. The van der Waals surface area contributed by atoms with Crippen molar-refractivity contribution in [1.29, 1.82) is 0 Å². The molecule has 1 fully saturated rings. The SMILES string of the molecule is C[C@@H]1O[C@@H](OCCCCCCCCCCCCC[C@@H](O)CC(=O)[O-])[C@H](O)C[C@H]1O. The van der Waals surface area contributed by atoms with Crippen LogP contribution in [0, 0.1) is 0 Å². The molecule has 0 radical (unpaired) electrons. The molecule has 1 rings (SSSR count). The first-order valence-corrected chi connectivity index (χ1v) is 11.4. The molecule has 0 amide bonds. The Kier molecular flexibility index (Phi) is 14.5. The monoisotopic (exact) mass is 417 g/mol. The second-order valence-corrected chi connectivity index (χ2v) is 8.36. The summed E-state index contributed by atoms with van der Waals surface area (Å²) >= 11 is 0. The number of carboxylic acid groups (broad SMARTS) is 1. The lowest BCUT2D eigenvalue weighted by Crippen LogP contribution is -2.47. The van der Waals surface area contributed by atoms with Crippen LogP contribution in [-0.2, 0) is 14.3 Å².